The van der Waals surface area contributed by atoms with Gasteiger partial charge in [0.05, 0.1) is 12.4 Å². The van der Waals surface area contributed by atoms with Crippen molar-refractivity contribution in [2.24, 2.45) is 0 Å². The van der Waals surface area contributed by atoms with Crippen LogP contribution < -0.4 is 0 Å². The zero-order valence-corrected chi connectivity index (χ0v) is 15.0. The third kappa shape index (κ3) is 3.54. The van der Waals surface area contributed by atoms with E-state index in [1.165, 1.54) is 11.1 Å². The van der Waals surface area contributed by atoms with Crippen molar-refractivity contribution >= 4 is 12.2 Å². The minimum Gasteiger partial charge on any atom is -0.301 e. The summed E-state index contributed by atoms with van der Waals surface area (Å²) in [5.74, 6) is 0. The van der Waals surface area contributed by atoms with E-state index in [4.69, 9.17) is 12.2 Å². The van der Waals surface area contributed by atoms with Gasteiger partial charge < -0.3 is 4.90 Å². The second-order valence-corrected chi connectivity index (χ2v) is 6.63. The molecule has 0 radical (unpaired) electrons. The fourth-order valence-electron chi connectivity index (χ4n) is 3.11. The molecule has 1 aromatic carbocycles. The van der Waals surface area contributed by atoms with Crippen molar-refractivity contribution in [3.63, 3.8) is 0 Å². The lowest BCUT2D eigenvalue weighted by molar-refractivity contribution is 0.106. The minimum atomic E-state index is 0.759. The number of piperazine rings is 1. The number of aryl methyl sites for hydroxylation is 2. The summed E-state index contributed by atoms with van der Waals surface area (Å²) in [7, 11) is 0. The molecule has 5 nitrogen and oxygen atoms in total. The molecule has 0 saturated carbocycles. The molecule has 0 unspecified atom stereocenters. The van der Waals surface area contributed by atoms with Gasteiger partial charge in [-0.25, -0.2) is 4.68 Å². The van der Waals surface area contributed by atoms with Gasteiger partial charge in [-0.05, 0) is 44.2 Å². The van der Waals surface area contributed by atoms with Crippen LogP contribution in [-0.4, -0.2) is 56.9 Å². The summed E-state index contributed by atoms with van der Waals surface area (Å²) in [5, 5.41) is 4.51. The molecule has 1 fully saturated rings. The predicted octanol–water partition coefficient (Wildman–Crippen LogP) is 2.62. The highest BCUT2D eigenvalue weighted by Crippen LogP contribution is 2.16. The molecule has 23 heavy (non-hydrogen) atoms. The van der Waals surface area contributed by atoms with E-state index in [-0.39, 0.29) is 0 Å². The van der Waals surface area contributed by atoms with Crippen LogP contribution in [0.3, 0.4) is 0 Å². The molecule has 0 N–H and O–H groups in total. The van der Waals surface area contributed by atoms with Gasteiger partial charge in [0, 0.05) is 26.2 Å². The largest absolute Gasteiger partial charge is 0.301 e. The van der Waals surface area contributed by atoms with Crippen molar-refractivity contribution < 1.29 is 0 Å². The van der Waals surface area contributed by atoms with Crippen molar-refractivity contribution in [2.75, 3.05) is 32.7 Å². The SMILES string of the molecule is CCN1CCN(Cn2ncn(-c3ccc(C)cc3C)c2=S)CC1. The Hall–Kier alpha value is -1.50. The maximum Gasteiger partial charge on any atom is 0.203 e. The second kappa shape index (κ2) is 6.95. The van der Waals surface area contributed by atoms with Crippen LogP contribution in [0, 0.1) is 18.6 Å². The molecule has 3 rings (SSSR count). The van der Waals surface area contributed by atoms with E-state index in [1.54, 1.807) is 0 Å². The fraction of sp³-hybridized carbons (Fsp3) is 0.529. The maximum absolute atomic E-state index is 5.64. The van der Waals surface area contributed by atoms with Gasteiger partial charge in [0.25, 0.3) is 0 Å². The van der Waals surface area contributed by atoms with Crippen molar-refractivity contribution in [2.45, 2.75) is 27.4 Å². The van der Waals surface area contributed by atoms with E-state index >= 15 is 0 Å². The molecule has 2 aromatic rings. The van der Waals surface area contributed by atoms with Crippen LogP contribution in [0.25, 0.3) is 5.69 Å². The third-order valence-corrected chi connectivity index (χ3v) is 5.00. The Morgan fingerprint density at radius 2 is 1.78 bits per heavy atom. The van der Waals surface area contributed by atoms with Gasteiger partial charge in [-0.2, -0.15) is 5.10 Å². The third-order valence-electron chi connectivity index (χ3n) is 4.59. The summed E-state index contributed by atoms with van der Waals surface area (Å²) in [6.45, 7) is 12.8. The van der Waals surface area contributed by atoms with E-state index in [2.05, 4.69) is 53.9 Å². The first-order valence-electron chi connectivity index (χ1n) is 8.25. The summed E-state index contributed by atoms with van der Waals surface area (Å²) in [5.41, 5.74) is 3.60. The zero-order chi connectivity index (χ0) is 16.4. The molecule has 2 heterocycles. The number of aromatic nitrogens is 3. The zero-order valence-electron chi connectivity index (χ0n) is 14.2. The lowest BCUT2D eigenvalue weighted by Crippen LogP contribution is -2.46. The smallest absolute Gasteiger partial charge is 0.203 e. The molecule has 6 heteroatoms. The molecule has 0 atom stereocenters. The Morgan fingerprint density at radius 3 is 2.43 bits per heavy atom. The number of rotatable bonds is 4. The Labute approximate surface area is 143 Å². The van der Waals surface area contributed by atoms with Gasteiger partial charge in [0.2, 0.25) is 4.77 Å². The molecular formula is C17H25N5S. The van der Waals surface area contributed by atoms with Gasteiger partial charge in [-0.15, -0.1) is 0 Å². The van der Waals surface area contributed by atoms with Crippen LogP contribution in [0.5, 0.6) is 0 Å². The quantitative estimate of drug-likeness (QED) is 0.806. The summed E-state index contributed by atoms with van der Waals surface area (Å²) in [6.07, 6.45) is 1.84. The maximum atomic E-state index is 5.64. The van der Waals surface area contributed by atoms with Crippen molar-refractivity contribution in [1.82, 2.24) is 24.1 Å². The van der Waals surface area contributed by atoms with Gasteiger partial charge in [0.15, 0.2) is 0 Å². The first-order chi connectivity index (χ1) is 11.1. The number of hydrogen-bond donors (Lipinski definition) is 0. The van der Waals surface area contributed by atoms with E-state index in [0.29, 0.717) is 0 Å². The van der Waals surface area contributed by atoms with E-state index in [1.807, 2.05) is 15.6 Å². The average molecular weight is 331 g/mol. The van der Waals surface area contributed by atoms with Gasteiger partial charge in [-0.1, -0.05) is 24.6 Å². The van der Waals surface area contributed by atoms with E-state index in [9.17, 15) is 0 Å². The fourth-order valence-corrected chi connectivity index (χ4v) is 3.36. The van der Waals surface area contributed by atoms with Crippen LogP contribution in [-0.2, 0) is 6.67 Å². The summed E-state index contributed by atoms with van der Waals surface area (Å²) < 4.78 is 4.69. The Kier molecular flexibility index (Phi) is 4.94. The van der Waals surface area contributed by atoms with Crippen molar-refractivity contribution in [1.29, 1.82) is 0 Å². The molecular weight excluding hydrogens is 306 g/mol. The van der Waals surface area contributed by atoms with Crippen molar-refractivity contribution in [3.8, 4) is 5.69 Å². The van der Waals surface area contributed by atoms with Crippen molar-refractivity contribution in [3.05, 3.63) is 40.4 Å². The lowest BCUT2D eigenvalue weighted by Gasteiger charge is -2.33. The molecule has 0 bridgehead atoms. The normalized spacial score (nSPS) is 16.8. The summed E-state index contributed by atoms with van der Waals surface area (Å²) in [6, 6.07) is 6.41. The molecule has 1 aliphatic rings. The second-order valence-electron chi connectivity index (χ2n) is 6.27. The first kappa shape index (κ1) is 16.4. The Bertz CT molecular complexity index is 725. The predicted molar refractivity (Wildman–Crippen MR) is 95.5 cm³/mol. The van der Waals surface area contributed by atoms with E-state index in [0.717, 1.165) is 49.9 Å². The van der Waals surface area contributed by atoms with Crippen LogP contribution in [0.1, 0.15) is 18.1 Å². The molecule has 124 valence electrons. The molecule has 0 aliphatic carbocycles. The molecule has 1 aliphatic heterocycles. The lowest BCUT2D eigenvalue weighted by atomic mass is 10.1. The van der Waals surface area contributed by atoms with Crippen LogP contribution in [0.15, 0.2) is 24.5 Å². The molecule has 1 saturated heterocycles. The van der Waals surface area contributed by atoms with Crippen LogP contribution in [0.4, 0.5) is 0 Å². The van der Waals surface area contributed by atoms with Gasteiger partial charge in [-0.3, -0.25) is 9.47 Å². The van der Waals surface area contributed by atoms with E-state index < -0.39 is 0 Å². The minimum absolute atomic E-state index is 0.759. The first-order valence-corrected chi connectivity index (χ1v) is 8.66. The number of nitrogens with zero attached hydrogens (tertiary/aromatic N) is 5. The standard InChI is InChI=1S/C17H25N5S/c1-4-19-7-9-20(10-8-19)13-22-17(23)21(12-18-22)16-6-5-14(2)11-15(16)3/h5-6,11-12H,4,7-10,13H2,1-3H3. The average Bonchev–Trinajstić information content (AvgIpc) is 2.89. The molecule has 0 spiro atoms. The molecule has 0 amide bonds. The number of likely N-dealkylation sites (N-methyl/N-ethyl adjacent to an activating group) is 1. The van der Waals surface area contributed by atoms with Gasteiger partial charge in [0.1, 0.15) is 6.33 Å². The summed E-state index contributed by atoms with van der Waals surface area (Å²) >= 11 is 5.64. The van der Waals surface area contributed by atoms with Crippen LogP contribution in [0.2, 0.25) is 0 Å². The highest BCUT2D eigenvalue weighted by atomic mass is 32.1. The summed E-state index contributed by atoms with van der Waals surface area (Å²) in [4.78, 5) is 4.89. The number of benzene rings is 1. The molecule has 1 aromatic heterocycles. The van der Waals surface area contributed by atoms with Gasteiger partial charge >= 0.3 is 0 Å². The van der Waals surface area contributed by atoms with Crippen LogP contribution >= 0.6 is 12.2 Å². The Morgan fingerprint density at radius 1 is 1.09 bits per heavy atom. The Balaban J connectivity index is 1.76. The topological polar surface area (TPSA) is 29.2 Å². The monoisotopic (exact) mass is 331 g/mol. The highest BCUT2D eigenvalue weighted by Gasteiger charge is 2.16. The number of hydrogen-bond acceptors (Lipinski definition) is 4. The highest BCUT2D eigenvalue weighted by molar-refractivity contribution is 7.71.